The van der Waals surface area contributed by atoms with Crippen LogP contribution in [0.3, 0.4) is 0 Å². The van der Waals surface area contributed by atoms with Crippen LogP contribution in [0, 0.1) is 56.7 Å². The zero-order chi connectivity index (χ0) is 38.6. The van der Waals surface area contributed by atoms with E-state index in [1.807, 2.05) is 27.7 Å². The lowest BCUT2D eigenvalue weighted by Crippen LogP contribution is -2.67. The second-order valence-corrected chi connectivity index (χ2v) is 20.7. The van der Waals surface area contributed by atoms with Crippen molar-refractivity contribution in [1.29, 1.82) is 5.26 Å². The summed E-state index contributed by atoms with van der Waals surface area (Å²) in [6.07, 6.45) is 7.68. The molecule has 9 atom stereocenters. The van der Waals surface area contributed by atoms with E-state index in [4.69, 9.17) is 18.9 Å². The van der Waals surface area contributed by atoms with Gasteiger partial charge < -0.3 is 29.2 Å². The number of aliphatic hydroxyl groups is 2. The van der Waals surface area contributed by atoms with E-state index in [1.54, 1.807) is 20.8 Å². The number of hydrogen-bond acceptors (Lipinski definition) is 11. The second kappa shape index (κ2) is 12.4. The molecule has 53 heavy (non-hydrogen) atoms. The molecule has 2 N–H and O–H groups in total. The van der Waals surface area contributed by atoms with E-state index in [9.17, 15) is 34.7 Å². The molecule has 0 aromatic heterocycles. The lowest BCUT2D eigenvalue weighted by molar-refractivity contribution is -0.264. The Morgan fingerprint density at radius 1 is 0.868 bits per heavy atom. The summed E-state index contributed by atoms with van der Waals surface area (Å²) < 4.78 is 24.7. The van der Waals surface area contributed by atoms with Gasteiger partial charge in [0, 0.05) is 31.1 Å². The number of hydrogen-bond donors (Lipinski definition) is 2. The highest BCUT2D eigenvalue weighted by molar-refractivity contribution is 5.85. The lowest BCUT2D eigenvalue weighted by atomic mass is 9.50. The number of carbonyl (C=O) groups is 4. The molecule has 1 heterocycles. The maximum absolute atomic E-state index is 14.7. The summed E-state index contributed by atoms with van der Waals surface area (Å²) in [6.45, 7) is 12.9. The first-order valence-electron chi connectivity index (χ1n) is 20.3. The van der Waals surface area contributed by atoms with E-state index in [1.165, 1.54) is 6.42 Å². The Kier molecular flexibility index (Phi) is 9.02. The van der Waals surface area contributed by atoms with Crippen LogP contribution in [0.2, 0.25) is 0 Å². The first-order valence-corrected chi connectivity index (χ1v) is 20.3. The normalized spacial score (nSPS) is 40.9. The highest BCUT2D eigenvalue weighted by Crippen LogP contribution is 2.63. The van der Waals surface area contributed by atoms with Gasteiger partial charge in [0.2, 0.25) is 0 Å². The third kappa shape index (κ3) is 6.39. The highest BCUT2D eigenvalue weighted by Gasteiger charge is 2.73. The van der Waals surface area contributed by atoms with Crippen molar-refractivity contribution in [3.8, 4) is 6.07 Å². The number of rotatable bonds is 12. The molecule has 7 aliphatic carbocycles. The maximum Gasteiger partial charge on any atom is 0.327 e. The van der Waals surface area contributed by atoms with Crippen molar-refractivity contribution in [2.24, 2.45) is 45.3 Å². The highest BCUT2D eigenvalue weighted by atomic mass is 16.6. The molecule has 7 saturated carbocycles. The topological polar surface area (TPSA) is 169 Å². The minimum absolute atomic E-state index is 0.0198. The molecule has 0 spiro atoms. The van der Waals surface area contributed by atoms with Crippen molar-refractivity contribution in [2.75, 3.05) is 0 Å². The van der Waals surface area contributed by atoms with Crippen molar-refractivity contribution in [2.45, 2.75) is 186 Å². The largest absolute Gasteiger partial charge is 0.459 e. The van der Waals surface area contributed by atoms with Crippen LogP contribution in [0.1, 0.15) is 151 Å². The average molecular weight is 740 g/mol. The van der Waals surface area contributed by atoms with E-state index < -0.39 is 80.1 Å². The molecule has 0 aromatic rings. The molecule has 8 rings (SSSR count). The zero-order valence-corrected chi connectivity index (χ0v) is 32.9. The quantitative estimate of drug-likeness (QED) is 0.172. The summed E-state index contributed by atoms with van der Waals surface area (Å²) >= 11 is 0. The molecule has 294 valence electrons. The summed E-state index contributed by atoms with van der Waals surface area (Å²) in [5.74, 6) is -2.35. The molecule has 11 heteroatoms. The van der Waals surface area contributed by atoms with E-state index in [-0.39, 0.29) is 62.2 Å². The van der Waals surface area contributed by atoms with Crippen LogP contribution in [0.15, 0.2) is 0 Å². The third-order valence-electron chi connectivity index (χ3n) is 15.2. The SMILES string of the molecule is CCC(C)(CC(C)(CC(C)(C)C(=O)OC12CC3CC(O)(CC(O)(C3)C1)C2)C(=O)OC1C2CC3C1OC(=O)C3(C#N)C2)C(=O)OC(C)(C)C1CCCCC1. The van der Waals surface area contributed by atoms with Gasteiger partial charge >= 0.3 is 23.9 Å². The van der Waals surface area contributed by atoms with Gasteiger partial charge in [-0.25, -0.2) is 0 Å². The number of carbonyl (C=O) groups excluding carboxylic acids is 4. The van der Waals surface area contributed by atoms with Crippen LogP contribution in [0.5, 0.6) is 0 Å². The number of fused-ring (bicyclic) bond motifs is 1. The van der Waals surface area contributed by atoms with Crippen LogP contribution in [0.25, 0.3) is 0 Å². The van der Waals surface area contributed by atoms with E-state index >= 15 is 0 Å². The first-order chi connectivity index (χ1) is 24.5. The van der Waals surface area contributed by atoms with E-state index in [0.717, 1.165) is 25.7 Å². The molecule has 0 amide bonds. The van der Waals surface area contributed by atoms with Gasteiger partial charge in [-0.1, -0.05) is 26.2 Å². The van der Waals surface area contributed by atoms with Gasteiger partial charge in [-0.3, -0.25) is 19.2 Å². The Morgan fingerprint density at radius 2 is 1.51 bits per heavy atom. The summed E-state index contributed by atoms with van der Waals surface area (Å²) in [5.41, 5.74) is -8.80. The first kappa shape index (κ1) is 38.6. The number of ether oxygens (including phenoxy) is 4. The zero-order valence-electron chi connectivity index (χ0n) is 32.9. The smallest absolute Gasteiger partial charge is 0.327 e. The predicted octanol–water partition coefficient (Wildman–Crippen LogP) is 6.25. The fourth-order valence-electron chi connectivity index (χ4n) is 13.0. The fourth-order valence-corrected chi connectivity index (χ4v) is 13.0. The summed E-state index contributed by atoms with van der Waals surface area (Å²) in [6, 6.07) is 2.20. The second-order valence-electron chi connectivity index (χ2n) is 20.7. The van der Waals surface area contributed by atoms with Gasteiger partial charge in [0.25, 0.3) is 0 Å². The lowest BCUT2D eigenvalue weighted by Gasteiger charge is -2.62. The van der Waals surface area contributed by atoms with Crippen molar-refractivity contribution >= 4 is 23.9 Å². The van der Waals surface area contributed by atoms with Crippen LogP contribution < -0.4 is 0 Å². The Bertz CT molecular complexity index is 1570. The molecule has 6 bridgehead atoms. The Morgan fingerprint density at radius 3 is 2.09 bits per heavy atom. The van der Waals surface area contributed by atoms with Gasteiger partial charge in [0.1, 0.15) is 23.4 Å². The molecule has 1 aliphatic heterocycles. The van der Waals surface area contributed by atoms with Crippen LogP contribution >= 0.6 is 0 Å². The Labute approximate surface area is 314 Å². The summed E-state index contributed by atoms with van der Waals surface area (Å²) in [4.78, 5) is 56.2. The summed E-state index contributed by atoms with van der Waals surface area (Å²) in [5, 5.41) is 32.6. The standard InChI is InChI=1S/C42H61NO10/c1-8-37(6,33(46)52-36(4,5)27-12-10-9-11-13-27)20-38(7,32(45)50-29-26-14-28-30(29)51-34(47)42(28,18-26)24-43)19-35(2,3)31(44)53-41-17-25-15-39(48,22-41)21-40(49,16-25)23-41/h25-30,48-49H,8-23H2,1-7H3. The number of nitriles is 1. The molecule has 0 radical (unpaired) electrons. The fraction of sp³-hybridized carbons (Fsp3) is 0.881. The van der Waals surface area contributed by atoms with Crippen molar-refractivity contribution in [1.82, 2.24) is 0 Å². The molecule has 8 fully saturated rings. The molecule has 8 aliphatic rings. The third-order valence-corrected chi connectivity index (χ3v) is 15.2. The molecule has 1 saturated heterocycles. The van der Waals surface area contributed by atoms with E-state index in [2.05, 4.69) is 6.07 Å². The molecule has 9 unspecified atom stereocenters. The predicted molar refractivity (Wildman–Crippen MR) is 190 cm³/mol. The number of esters is 4. The molecular weight excluding hydrogens is 678 g/mol. The van der Waals surface area contributed by atoms with Gasteiger partial charge in [0.15, 0.2) is 5.41 Å². The minimum atomic E-state index is -1.39. The monoisotopic (exact) mass is 739 g/mol. The van der Waals surface area contributed by atoms with Crippen molar-refractivity contribution < 1.29 is 48.3 Å². The Hall–Kier alpha value is -2.71. The Balaban J connectivity index is 1.14. The van der Waals surface area contributed by atoms with Gasteiger partial charge in [-0.2, -0.15) is 5.26 Å². The van der Waals surface area contributed by atoms with Crippen molar-refractivity contribution in [3.05, 3.63) is 0 Å². The van der Waals surface area contributed by atoms with Crippen LogP contribution in [-0.4, -0.2) is 68.7 Å². The van der Waals surface area contributed by atoms with Crippen LogP contribution in [0.4, 0.5) is 0 Å². The van der Waals surface area contributed by atoms with Gasteiger partial charge in [0.05, 0.1) is 33.5 Å². The maximum atomic E-state index is 14.7. The van der Waals surface area contributed by atoms with Crippen LogP contribution in [-0.2, 0) is 38.1 Å². The van der Waals surface area contributed by atoms with Gasteiger partial charge in [-0.05, 0) is 118 Å². The summed E-state index contributed by atoms with van der Waals surface area (Å²) in [7, 11) is 0. The van der Waals surface area contributed by atoms with E-state index in [0.29, 0.717) is 32.1 Å². The van der Waals surface area contributed by atoms with Crippen molar-refractivity contribution in [3.63, 3.8) is 0 Å². The molecular formula is C42H61NO10. The number of nitrogens with zero attached hydrogens (tertiary/aromatic N) is 1. The molecule has 0 aromatic carbocycles. The molecule has 11 nitrogen and oxygen atoms in total. The average Bonchev–Trinajstić information content (AvgIpc) is 3.65. The van der Waals surface area contributed by atoms with Gasteiger partial charge in [-0.15, -0.1) is 0 Å². The minimum Gasteiger partial charge on any atom is -0.459 e.